The van der Waals surface area contributed by atoms with Gasteiger partial charge in [0.25, 0.3) is 0 Å². The molecular weight excluding hydrogens is 391 g/mol. The second-order valence-electron chi connectivity index (χ2n) is 4.17. The summed E-state index contributed by atoms with van der Waals surface area (Å²) in [6, 6.07) is 7.85. The number of halogens is 2. The first-order chi connectivity index (χ1) is 9.67. The quantitative estimate of drug-likeness (QED) is 0.385. The monoisotopic (exact) mass is 400 g/mol. The molecule has 0 amide bonds. The van der Waals surface area contributed by atoms with E-state index in [0.717, 1.165) is 22.3 Å². The van der Waals surface area contributed by atoms with E-state index < -0.39 is 0 Å². The van der Waals surface area contributed by atoms with Crippen LogP contribution in [0.1, 0.15) is 5.56 Å². The number of ether oxygens (including phenoxy) is 1. The molecule has 0 spiro atoms. The molecule has 0 aliphatic carbocycles. The van der Waals surface area contributed by atoms with Crippen LogP contribution in [0.3, 0.4) is 0 Å². The molecule has 0 aliphatic rings. The molecule has 0 unspecified atom stereocenters. The molecule has 20 heavy (non-hydrogen) atoms. The number of fused-ring (bicyclic) bond motifs is 1. The average molecular weight is 401 g/mol. The zero-order chi connectivity index (χ0) is 14.1. The van der Waals surface area contributed by atoms with Gasteiger partial charge in [-0.2, -0.15) is 5.10 Å². The van der Waals surface area contributed by atoms with Gasteiger partial charge in [-0.3, -0.25) is 0 Å². The van der Waals surface area contributed by atoms with Crippen LogP contribution >= 0.6 is 34.2 Å². The van der Waals surface area contributed by atoms with E-state index in [1.54, 1.807) is 13.3 Å². The molecule has 0 atom stereocenters. The molecule has 0 aliphatic heterocycles. The number of benzene rings is 1. The topological polar surface area (TPSA) is 52.8 Å². The minimum atomic E-state index is 0.431. The van der Waals surface area contributed by atoms with E-state index in [2.05, 4.69) is 15.1 Å². The van der Waals surface area contributed by atoms with Crippen LogP contribution in [-0.4, -0.2) is 26.9 Å². The van der Waals surface area contributed by atoms with Crippen molar-refractivity contribution in [2.24, 2.45) is 0 Å². The zero-order valence-corrected chi connectivity index (χ0v) is 13.5. The highest BCUT2D eigenvalue weighted by Gasteiger charge is 2.10. The number of nitrogens with zero attached hydrogens (tertiary/aromatic N) is 4. The van der Waals surface area contributed by atoms with E-state index in [9.17, 15) is 0 Å². The van der Waals surface area contributed by atoms with Crippen molar-refractivity contribution in [2.75, 3.05) is 7.11 Å². The summed E-state index contributed by atoms with van der Waals surface area (Å²) in [5.74, 6) is 0.832. The first-order valence-electron chi connectivity index (χ1n) is 5.85. The number of methoxy groups -OCH3 is 1. The molecule has 0 saturated carbocycles. The standard InChI is InChI=1S/C13H10ClIN4O/c1-20-9-4-2-8(3-5-9)7-19-12-10(6-16-19)11(14)17-13(15)18-12/h2-6H,7H2,1H3. The molecular formula is C13H10ClIN4O. The molecule has 2 aromatic heterocycles. The van der Waals surface area contributed by atoms with E-state index in [1.165, 1.54) is 0 Å². The van der Waals surface area contributed by atoms with E-state index in [0.29, 0.717) is 15.5 Å². The Kier molecular flexibility index (Phi) is 3.75. The molecule has 0 radical (unpaired) electrons. The van der Waals surface area contributed by atoms with Gasteiger partial charge in [0.1, 0.15) is 10.9 Å². The number of hydrogen-bond donors (Lipinski definition) is 0. The van der Waals surface area contributed by atoms with Crippen LogP contribution in [0.5, 0.6) is 5.75 Å². The molecule has 5 nitrogen and oxygen atoms in total. The van der Waals surface area contributed by atoms with Crippen LogP contribution in [0, 0.1) is 3.83 Å². The molecule has 102 valence electrons. The maximum atomic E-state index is 6.09. The molecule has 1 aromatic carbocycles. The second kappa shape index (κ2) is 5.53. The predicted octanol–water partition coefficient (Wildman–Crippen LogP) is 3.14. The number of hydrogen-bond acceptors (Lipinski definition) is 4. The third-order valence-corrected chi connectivity index (χ3v) is 3.68. The first kappa shape index (κ1) is 13.6. The Labute approximate surface area is 134 Å². The van der Waals surface area contributed by atoms with Gasteiger partial charge in [0.05, 0.1) is 25.2 Å². The summed E-state index contributed by atoms with van der Waals surface area (Å²) < 4.78 is 7.56. The lowest BCUT2D eigenvalue weighted by atomic mass is 10.2. The van der Waals surface area contributed by atoms with Crippen molar-refractivity contribution in [1.29, 1.82) is 0 Å². The lowest BCUT2D eigenvalue weighted by Gasteiger charge is -2.05. The average Bonchev–Trinajstić information content (AvgIpc) is 2.83. The van der Waals surface area contributed by atoms with Crippen molar-refractivity contribution in [3.8, 4) is 5.75 Å². The molecule has 0 bridgehead atoms. The third-order valence-electron chi connectivity index (χ3n) is 2.91. The van der Waals surface area contributed by atoms with Crippen LogP contribution in [0.4, 0.5) is 0 Å². The second-order valence-corrected chi connectivity index (χ2v) is 5.49. The summed E-state index contributed by atoms with van der Waals surface area (Å²) in [4.78, 5) is 8.51. The molecule has 3 rings (SSSR count). The fraction of sp³-hybridized carbons (Fsp3) is 0.154. The van der Waals surface area contributed by atoms with E-state index in [1.807, 2.05) is 51.5 Å². The van der Waals surface area contributed by atoms with E-state index in [4.69, 9.17) is 16.3 Å². The van der Waals surface area contributed by atoms with Gasteiger partial charge < -0.3 is 4.74 Å². The molecule has 3 aromatic rings. The van der Waals surface area contributed by atoms with Gasteiger partial charge in [-0.25, -0.2) is 14.6 Å². The normalized spacial score (nSPS) is 10.9. The summed E-state index contributed by atoms with van der Waals surface area (Å²) in [5, 5.41) is 5.53. The SMILES string of the molecule is COc1ccc(Cn2ncc3c(Cl)nc(I)nc32)cc1. The highest BCUT2D eigenvalue weighted by atomic mass is 127. The van der Waals surface area contributed by atoms with Crippen LogP contribution in [0.25, 0.3) is 11.0 Å². The van der Waals surface area contributed by atoms with Crippen LogP contribution in [0.15, 0.2) is 30.5 Å². The van der Waals surface area contributed by atoms with Gasteiger partial charge >= 0.3 is 0 Å². The Morgan fingerprint density at radius 1 is 1.25 bits per heavy atom. The van der Waals surface area contributed by atoms with E-state index in [-0.39, 0.29) is 0 Å². The first-order valence-corrected chi connectivity index (χ1v) is 7.30. The summed E-state index contributed by atoms with van der Waals surface area (Å²) >= 11 is 8.14. The Balaban J connectivity index is 1.97. The minimum Gasteiger partial charge on any atom is -0.497 e. The smallest absolute Gasteiger partial charge is 0.194 e. The fourth-order valence-corrected chi connectivity index (χ4v) is 2.74. The van der Waals surface area contributed by atoms with Crippen molar-refractivity contribution in [2.45, 2.75) is 6.54 Å². The van der Waals surface area contributed by atoms with Crippen LogP contribution < -0.4 is 4.74 Å². The van der Waals surface area contributed by atoms with Crippen LogP contribution in [-0.2, 0) is 6.54 Å². The van der Waals surface area contributed by atoms with Gasteiger partial charge in [-0.1, -0.05) is 23.7 Å². The molecule has 0 N–H and O–H groups in total. The van der Waals surface area contributed by atoms with E-state index >= 15 is 0 Å². The van der Waals surface area contributed by atoms with Crippen molar-refractivity contribution in [3.63, 3.8) is 0 Å². The third kappa shape index (κ3) is 2.57. The van der Waals surface area contributed by atoms with Crippen LogP contribution in [0.2, 0.25) is 5.15 Å². The fourth-order valence-electron chi connectivity index (χ4n) is 1.92. The summed E-state index contributed by atoms with van der Waals surface area (Å²) in [6.07, 6.45) is 1.69. The Hall–Kier alpha value is -1.41. The van der Waals surface area contributed by atoms with Gasteiger partial charge in [-0.05, 0) is 17.7 Å². The lowest BCUT2D eigenvalue weighted by Crippen LogP contribution is -2.03. The summed E-state index contributed by atoms with van der Waals surface area (Å²) in [7, 11) is 1.65. The minimum absolute atomic E-state index is 0.431. The summed E-state index contributed by atoms with van der Waals surface area (Å²) in [6.45, 7) is 0.622. The van der Waals surface area contributed by atoms with Gasteiger partial charge in [0.15, 0.2) is 9.48 Å². The molecule has 7 heteroatoms. The number of aromatic nitrogens is 4. The Bertz CT molecular complexity index is 757. The lowest BCUT2D eigenvalue weighted by molar-refractivity contribution is 0.414. The highest BCUT2D eigenvalue weighted by molar-refractivity contribution is 14.1. The molecule has 0 fully saturated rings. The summed E-state index contributed by atoms with van der Waals surface area (Å²) in [5.41, 5.74) is 1.85. The Morgan fingerprint density at radius 3 is 2.70 bits per heavy atom. The number of rotatable bonds is 3. The molecule has 0 saturated heterocycles. The maximum Gasteiger partial charge on any atom is 0.194 e. The zero-order valence-electron chi connectivity index (χ0n) is 10.5. The van der Waals surface area contributed by atoms with Gasteiger partial charge in [0.2, 0.25) is 0 Å². The largest absolute Gasteiger partial charge is 0.497 e. The van der Waals surface area contributed by atoms with Crippen molar-refractivity contribution in [1.82, 2.24) is 19.7 Å². The van der Waals surface area contributed by atoms with Crippen molar-refractivity contribution in [3.05, 3.63) is 45.0 Å². The van der Waals surface area contributed by atoms with Crippen molar-refractivity contribution < 1.29 is 4.74 Å². The molecule has 2 heterocycles. The Morgan fingerprint density at radius 2 is 2.00 bits per heavy atom. The maximum absolute atomic E-state index is 6.09. The van der Waals surface area contributed by atoms with Gasteiger partial charge in [-0.15, -0.1) is 0 Å². The highest BCUT2D eigenvalue weighted by Crippen LogP contribution is 2.21. The predicted molar refractivity (Wildman–Crippen MR) is 85.1 cm³/mol. The van der Waals surface area contributed by atoms with Gasteiger partial charge in [0, 0.05) is 22.6 Å². The van der Waals surface area contributed by atoms with Crippen molar-refractivity contribution >= 4 is 45.2 Å².